The molecule has 1 atom stereocenters. The molecule has 0 saturated heterocycles. The van der Waals surface area contributed by atoms with Crippen molar-refractivity contribution in [3.63, 3.8) is 0 Å². The number of carbonyl (C=O) groups excluding carboxylic acids is 2. The molecule has 0 aliphatic rings. The van der Waals surface area contributed by atoms with Gasteiger partial charge in [0.25, 0.3) is 0 Å². The van der Waals surface area contributed by atoms with Gasteiger partial charge in [-0.1, -0.05) is 54.6 Å². The molecule has 0 heterocycles. The molecule has 1 amide bonds. The summed E-state index contributed by atoms with van der Waals surface area (Å²) in [5.41, 5.74) is 1.80. The van der Waals surface area contributed by atoms with E-state index >= 15 is 0 Å². The van der Waals surface area contributed by atoms with Crippen LogP contribution in [0, 0.1) is 5.82 Å². The molecular weight excluding hydrogens is 443 g/mol. The zero-order chi connectivity index (χ0) is 24.0. The molecular formula is C25H25FN2O4S. The van der Waals surface area contributed by atoms with Gasteiger partial charge in [0, 0.05) is 12.1 Å². The molecule has 8 heteroatoms. The lowest BCUT2D eigenvalue weighted by molar-refractivity contribution is -0.122. The van der Waals surface area contributed by atoms with Gasteiger partial charge in [-0.25, -0.2) is 12.8 Å². The van der Waals surface area contributed by atoms with E-state index < -0.39 is 28.3 Å². The first kappa shape index (κ1) is 24.3. The summed E-state index contributed by atoms with van der Waals surface area (Å²) in [6, 6.07) is 20.0. The van der Waals surface area contributed by atoms with E-state index in [9.17, 15) is 22.4 Å². The van der Waals surface area contributed by atoms with Crippen LogP contribution in [-0.4, -0.2) is 31.0 Å². The summed E-state index contributed by atoms with van der Waals surface area (Å²) in [7, 11) is -4.08. The van der Waals surface area contributed by atoms with E-state index in [1.165, 1.54) is 55.5 Å². The van der Waals surface area contributed by atoms with Crippen LogP contribution in [0.2, 0.25) is 0 Å². The SMILES string of the molecule is CC(=O)c1ccc(S(=O)(=O)N(CC(=O)NC(C)c2ccccc2)Cc2ccc(F)cc2)cc1. The van der Waals surface area contributed by atoms with Gasteiger partial charge < -0.3 is 5.32 Å². The number of carbonyl (C=O) groups is 2. The van der Waals surface area contributed by atoms with Crippen molar-refractivity contribution in [3.8, 4) is 0 Å². The molecule has 1 unspecified atom stereocenters. The predicted octanol–water partition coefficient (Wildman–Crippen LogP) is 4.10. The normalized spacial score (nSPS) is 12.4. The van der Waals surface area contributed by atoms with Crippen LogP contribution < -0.4 is 5.32 Å². The lowest BCUT2D eigenvalue weighted by Gasteiger charge is -2.23. The molecule has 6 nitrogen and oxygen atoms in total. The standard InChI is InChI=1S/C25H25FN2O4S/c1-18(21-6-4-3-5-7-21)27-25(30)17-28(16-20-8-12-23(26)13-9-20)33(31,32)24-14-10-22(11-15-24)19(2)29/h3-15,18H,16-17H2,1-2H3,(H,27,30). The van der Waals surface area contributed by atoms with Gasteiger partial charge in [0.15, 0.2) is 5.78 Å². The maximum absolute atomic E-state index is 13.4. The number of nitrogens with zero attached hydrogens (tertiary/aromatic N) is 1. The van der Waals surface area contributed by atoms with Crippen molar-refractivity contribution >= 4 is 21.7 Å². The topological polar surface area (TPSA) is 83.6 Å². The van der Waals surface area contributed by atoms with E-state index in [1.54, 1.807) is 0 Å². The van der Waals surface area contributed by atoms with Crippen molar-refractivity contribution in [1.82, 2.24) is 9.62 Å². The van der Waals surface area contributed by atoms with Crippen molar-refractivity contribution in [2.24, 2.45) is 0 Å². The molecule has 3 aromatic rings. The molecule has 33 heavy (non-hydrogen) atoms. The highest BCUT2D eigenvalue weighted by Gasteiger charge is 2.27. The summed E-state index contributed by atoms with van der Waals surface area (Å²) >= 11 is 0. The van der Waals surface area contributed by atoms with Crippen LogP contribution in [0.25, 0.3) is 0 Å². The van der Waals surface area contributed by atoms with Crippen LogP contribution in [0.15, 0.2) is 83.8 Å². The molecule has 3 rings (SSSR count). The molecule has 0 fully saturated rings. The van der Waals surface area contributed by atoms with Gasteiger partial charge in [0.1, 0.15) is 5.82 Å². The first-order valence-corrected chi connectivity index (χ1v) is 11.8. The number of sulfonamides is 1. The zero-order valence-corrected chi connectivity index (χ0v) is 19.2. The molecule has 0 aliphatic carbocycles. The Kier molecular flexibility index (Phi) is 7.73. The highest BCUT2D eigenvalue weighted by molar-refractivity contribution is 7.89. The van der Waals surface area contributed by atoms with Crippen molar-refractivity contribution in [2.75, 3.05) is 6.54 Å². The smallest absolute Gasteiger partial charge is 0.243 e. The quantitative estimate of drug-likeness (QED) is 0.480. The first-order chi connectivity index (χ1) is 15.7. The summed E-state index contributed by atoms with van der Waals surface area (Å²) in [5.74, 6) is -1.10. The lowest BCUT2D eigenvalue weighted by Crippen LogP contribution is -2.41. The summed E-state index contributed by atoms with van der Waals surface area (Å²) in [6.07, 6.45) is 0. The molecule has 0 bridgehead atoms. The molecule has 0 aliphatic heterocycles. The minimum Gasteiger partial charge on any atom is -0.348 e. The number of hydrogen-bond acceptors (Lipinski definition) is 4. The van der Waals surface area contributed by atoms with Crippen molar-refractivity contribution < 1.29 is 22.4 Å². The van der Waals surface area contributed by atoms with E-state index in [2.05, 4.69) is 5.32 Å². The Morgan fingerprint density at radius 2 is 1.55 bits per heavy atom. The number of hydrogen-bond donors (Lipinski definition) is 1. The molecule has 0 aromatic heterocycles. The number of amides is 1. The summed E-state index contributed by atoms with van der Waals surface area (Å²) in [6.45, 7) is 2.66. The minimum absolute atomic E-state index is 0.0430. The van der Waals surface area contributed by atoms with E-state index in [-0.39, 0.29) is 23.3 Å². The molecule has 1 N–H and O–H groups in total. The van der Waals surface area contributed by atoms with Gasteiger partial charge in [0.2, 0.25) is 15.9 Å². The van der Waals surface area contributed by atoms with Crippen molar-refractivity contribution in [1.29, 1.82) is 0 Å². The average Bonchev–Trinajstić information content (AvgIpc) is 2.80. The highest BCUT2D eigenvalue weighted by atomic mass is 32.2. The van der Waals surface area contributed by atoms with Crippen LogP contribution in [0.3, 0.4) is 0 Å². The van der Waals surface area contributed by atoms with E-state index in [4.69, 9.17) is 0 Å². The molecule has 0 radical (unpaired) electrons. The Morgan fingerprint density at radius 3 is 2.12 bits per heavy atom. The summed E-state index contributed by atoms with van der Waals surface area (Å²) < 4.78 is 41.1. The zero-order valence-electron chi connectivity index (χ0n) is 18.4. The van der Waals surface area contributed by atoms with Crippen molar-refractivity contribution in [2.45, 2.75) is 31.3 Å². The Balaban J connectivity index is 1.85. The van der Waals surface area contributed by atoms with Crippen LogP contribution in [0.5, 0.6) is 0 Å². The first-order valence-electron chi connectivity index (χ1n) is 10.4. The minimum atomic E-state index is -4.08. The van der Waals surface area contributed by atoms with Gasteiger partial charge in [-0.05, 0) is 49.2 Å². The largest absolute Gasteiger partial charge is 0.348 e. The third-order valence-corrected chi connectivity index (χ3v) is 6.97. The Morgan fingerprint density at radius 1 is 0.939 bits per heavy atom. The van der Waals surface area contributed by atoms with Crippen LogP contribution in [0.1, 0.15) is 41.4 Å². The number of nitrogens with one attached hydrogen (secondary N) is 1. The Hall–Kier alpha value is -3.36. The summed E-state index contributed by atoms with van der Waals surface area (Å²) in [4.78, 5) is 24.3. The Bertz CT molecular complexity index is 1210. The number of rotatable bonds is 9. The molecule has 3 aromatic carbocycles. The fraction of sp³-hybridized carbons (Fsp3) is 0.200. The number of ketones is 1. The third kappa shape index (κ3) is 6.34. The van der Waals surface area contributed by atoms with Crippen LogP contribution >= 0.6 is 0 Å². The van der Waals surface area contributed by atoms with E-state index in [1.807, 2.05) is 37.3 Å². The van der Waals surface area contributed by atoms with E-state index in [0.29, 0.717) is 11.1 Å². The number of halogens is 1. The second-order valence-corrected chi connectivity index (χ2v) is 9.62. The second kappa shape index (κ2) is 10.5. The number of benzene rings is 3. The fourth-order valence-corrected chi connectivity index (χ4v) is 4.69. The van der Waals surface area contributed by atoms with Crippen molar-refractivity contribution in [3.05, 3.63) is 101 Å². The van der Waals surface area contributed by atoms with Gasteiger partial charge in [-0.3, -0.25) is 9.59 Å². The van der Waals surface area contributed by atoms with Gasteiger partial charge in [0.05, 0.1) is 17.5 Å². The molecule has 0 saturated carbocycles. The second-order valence-electron chi connectivity index (χ2n) is 7.68. The molecule has 172 valence electrons. The van der Waals surface area contributed by atoms with Gasteiger partial charge in [-0.15, -0.1) is 0 Å². The monoisotopic (exact) mass is 468 g/mol. The maximum Gasteiger partial charge on any atom is 0.243 e. The van der Waals surface area contributed by atoms with Gasteiger partial charge >= 0.3 is 0 Å². The highest BCUT2D eigenvalue weighted by Crippen LogP contribution is 2.20. The maximum atomic E-state index is 13.4. The van der Waals surface area contributed by atoms with Gasteiger partial charge in [-0.2, -0.15) is 4.31 Å². The third-order valence-electron chi connectivity index (χ3n) is 5.17. The Labute approximate surface area is 193 Å². The lowest BCUT2D eigenvalue weighted by atomic mass is 10.1. The fourth-order valence-electron chi connectivity index (χ4n) is 3.30. The van der Waals surface area contributed by atoms with Crippen LogP contribution in [-0.2, 0) is 21.4 Å². The number of Topliss-reactive ketones (excluding diaryl/α,β-unsaturated/α-hetero) is 1. The predicted molar refractivity (Wildman–Crippen MR) is 123 cm³/mol. The summed E-state index contributed by atoms with van der Waals surface area (Å²) in [5, 5.41) is 2.82. The average molecular weight is 469 g/mol. The molecule has 0 spiro atoms. The van der Waals surface area contributed by atoms with E-state index in [0.717, 1.165) is 9.87 Å². The van der Waals surface area contributed by atoms with Crippen LogP contribution in [0.4, 0.5) is 4.39 Å².